The second-order valence-corrected chi connectivity index (χ2v) is 2.75. The minimum Gasteiger partial charge on any atom is -0.335 e. The van der Waals surface area contributed by atoms with Crippen LogP contribution in [0.5, 0.6) is 0 Å². The topological polar surface area (TPSA) is 29.9 Å². The van der Waals surface area contributed by atoms with Crippen molar-refractivity contribution >= 4 is 0 Å². The lowest BCUT2D eigenvalue weighted by atomic mass is 10.2. The van der Waals surface area contributed by atoms with Crippen LogP contribution in [0.1, 0.15) is 19.4 Å². The fraction of sp³-hybridized carbons (Fsp3) is 0.625. The van der Waals surface area contributed by atoms with Gasteiger partial charge in [0.2, 0.25) is 0 Å². The van der Waals surface area contributed by atoms with Crippen LogP contribution in [-0.4, -0.2) is 23.1 Å². The van der Waals surface area contributed by atoms with E-state index in [-0.39, 0.29) is 0 Å². The van der Waals surface area contributed by atoms with E-state index in [1.807, 2.05) is 25.8 Å². The first kappa shape index (κ1) is 8.27. The van der Waals surface area contributed by atoms with Crippen LogP contribution in [0.25, 0.3) is 0 Å². The Morgan fingerprint density at radius 1 is 1.64 bits per heavy atom. The molecule has 3 heteroatoms. The van der Waals surface area contributed by atoms with Crippen LogP contribution in [0.3, 0.4) is 0 Å². The lowest BCUT2D eigenvalue weighted by Crippen LogP contribution is -2.13. The zero-order valence-electron chi connectivity index (χ0n) is 7.12. The van der Waals surface area contributed by atoms with E-state index in [9.17, 15) is 0 Å². The van der Waals surface area contributed by atoms with E-state index in [0.29, 0.717) is 6.04 Å². The minimum atomic E-state index is 0.546. The Labute approximate surface area is 67.4 Å². The van der Waals surface area contributed by atoms with Gasteiger partial charge in [0.1, 0.15) is 0 Å². The molecule has 11 heavy (non-hydrogen) atoms. The molecule has 1 aromatic rings. The molecule has 0 aromatic carbocycles. The number of hydrogen-bond donors (Lipinski definition) is 1. The van der Waals surface area contributed by atoms with E-state index in [1.165, 1.54) is 0 Å². The maximum atomic E-state index is 3.99. The number of rotatable bonds is 4. The molecule has 0 aliphatic heterocycles. The molecule has 0 bridgehead atoms. The molecule has 0 aliphatic rings. The second kappa shape index (κ2) is 4.13. The van der Waals surface area contributed by atoms with Gasteiger partial charge in [0.15, 0.2) is 0 Å². The third-order valence-corrected chi connectivity index (χ3v) is 1.85. The molecule has 0 fully saturated rings. The van der Waals surface area contributed by atoms with Crippen LogP contribution >= 0.6 is 0 Å². The van der Waals surface area contributed by atoms with Gasteiger partial charge in [0, 0.05) is 18.4 Å². The van der Waals surface area contributed by atoms with Crippen molar-refractivity contribution in [2.24, 2.45) is 0 Å². The molecule has 0 radical (unpaired) electrons. The van der Waals surface area contributed by atoms with Gasteiger partial charge in [-0.3, -0.25) is 0 Å². The highest BCUT2D eigenvalue weighted by Gasteiger charge is 2.00. The second-order valence-electron chi connectivity index (χ2n) is 2.75. The molecule has 0 saturated carbocycles. The van der Waals surface area contributed by atoms with E-state index in [4.69, 9.17) is 0 Å². The number of aromatic nitrogens is 2. The molecule has 1 heterocycles. The summed E-state index contributed by atoms with van der Waals surface area (Å²) in [6, 6.07) is 0.546. The summed E-state index contributed by atoms with van der Waals surface area (Å²) >= 11 is 0. The van der Waals surface area contributed by atoms with Crippen LogP contribution in [0.2, 0.25) is 0 Å². The number of hydrogen-bond acceptors (Lipinski definition) is 2. The molecule has 1 rings (SSSR count). The van der Waals surface area contributed by atoms with Crippen LogP contribution in [-0.2, 0) is 0 Å². The average molecular weight is 153 g/mol. The summed E-state index contributed by atoms with van der Waals surface area (Å²) in [6.07, 6.45) is 6.82. The van der Waals surface area contributed by atoms with Gasteiger partial charge < -0.3 is 9.88 Å². The monoisotopic (exact) mass is 153 g/mol. The largest absolute Gasteiger partial charge is 0.335 e. The first-order chi connectivity index (χ1) is 5.34. The molecular formula is C8H15N3. The van der Waals surface area contributed by atoms with Gasteiger partial charge in [-0.1, -0.05) is 0 Å². The third-order valence-electron chi connectivity index (χ3n) is 1.85. The molecule has 0 amide bonds. The summed E-state index contributed by atoms with van der Waals surface area (Å²) in [5.41, 5.74) is 0. The van der Waals surface area contributed by atoms with Crippen molar-refractivity contribution in [2.45, 2.75) is 19.4 Å². The molecule has 62 valence electrons. The normalized spacial score (nSPS) is 13.3. The first-order valence-corrected chi connectivity index (χ1v) is 3.96. The minimum absolute atomic E-state index is 0.546. The molecule has 0 saturated heterocycles. The smallest absolute Gasteiger partial charge is 0.0948 e. The van der Waals surface area contributed by atoms with Gasteiger partial charge in [-0.25, -0.2) is 4.98 Å². The maximum Gasteiger partial charge on any atom is 0.0948 e. The zero-order chi connectivity index (χ0) is 8.10. The maximum absolute atomic E-state index is 3.99. The molecular weight excluding hydrogens is 138 g/mol. The average Bonchev–Trinajstić information content (AvgIpc) is 2.52. The van der Waals surface area contributed by atoms with Crippen LogP contribution < -0.4 is 5.32 Å². The van der Waals surface area contributed by atoms with Crippen molar-refractivity contribution < 1.29 is 0 Å². The summed E-state index contributed by atoms with van der Waals surface area (Å²) in [5, 5.41) is 3.13. The van der Waals surface area contributed by atoms with Gasteiger partial charge >= 0.3 is 0 Å². The van der Waals surface area contributed by atoms with E-state index in [1.54, 1.807) is 0 Å². The molecule has 1 N–H and O–H groups in total. The number of nitrogens with one attached hydrogen (secondary N) is 1. The van der Waals surface area contributed by atoms with Crippen molar-refractivity contribution in [1.29, 1.82) is 0 Å². The highest BCUT2D eigenvalue weighted by molar-refractivity contribution is 4.78. The van der Waals surface area contributed by atoms with Gasteiger partial charge in [-0.2, -0.15) is 0 Å². The molecule has 1 unspecified atom stereocenters. The Hall–Kier alpha value is -0.830. The van der Waals surface area contributed by atoms with Gasteiger partial charge in [0.05, 0.1) is 6.33 Å². The predicted octanol–water partition coefficient (Wildman–Crippen LogP) is 1.05. The van der Waals surface area contributed by atoms with Crippen LogP contribution in [0.15, 0.2) is 18.7 Å². The predicted molar refractivity (Wildman–Crippen MR) is 45.5 cm³/mol. The summed E-state index contributed by atoms with van der Waals surface area (Å²) in [6.45, 7) is 3.25. The standard InChI is InChI=1S/C8H15N3/c1-8(3-4-9-2)11-6-5-10-7-11/h5-9H,3-4H2,1-2H3. The quantitative estimate of drug-likeness (QED) is 0.700. The highest BCUT2D eigenvalue weighted by atomic mass is 15.0. The van der Waals surface area contributed by atoms with E-state index in [2.05, 4.69) is 21.8 Å². The van der Waals surface area contributed by atoms with Crippen molar-refractivity contribution in [3.63, 3.8) is 0 Å². The van der Waals surface area contributed by atoms with Gasteiger partial charge in [0.25, 0.3) is 0 Å². The van der Waals surface area contributed by atoms with Gasteiger partial charge in [-0.15, -0.1) is 0 Å². The third kappa shape index (κ3) is 2.35. The summed E-state index contributed by atoms with van der Waals surface area (Å²) in [5.74, 6) is 0. The number of nitrogens with zero attached hydrogens (tertiary/aromatic N) is 2. The Kier molecular flexibility index (Phi) is 3.11. The van der Waals surface area contributed by atoms with Gasteiger partial charge in [-0.05, 0) is 26.9 Å². The summed E-state index contributed by atoms with van der Waals surface area (Å²) in [4.78, 5) is 3.99. The van der Waals surface area contributed by atoms with Crippen molar-refractivity contribution in [3.8, 4) is 0 Å². The summed E-state index contributed by atoms with van der Waals surface area (Å²) in [7, 11) is 1.97. The number of imidazole rings is 1. The van der Waals surface area contributed by atoms with E-state index in [0.717, 1.165) is 13.0 Å². The summed E-state index contributed by atoms with van der Waals surface area (Å²) < 4.78 is 2.12. The highest BCUT2D eigenvalue weighted by Crippen LogP contribution is 2.07. The molecule has 0 spiro atoms. The fourth-order valence-electron chi connectivity index (χ4n) is 1.03. The Morgan fingerprint density at radius 3 is 3.00 bits per heavy atom. The van der Waals surface area contributed by atoms with Crippen LogP contribution in [0.4, 0.5) is 0 Å². The van der Waals surface area contributed by atoms with Crippen molar-refractivity contribution in [3.05, 3.63) is 18.7 Å². The van der Waals surface area contributed by atoms with E-state index < -0.39 is 0 Å². The molecule has 3 nitrogen and oxygen atoms in total. The van der Waals surface area contributed by atoms with Crippen molar-refractivity contribution in [1.82, 2.24) is 14.9 Å². The Morgan fingerprint density at radius 2 is 2.45 bits per heavy atom. The molecule has 0 aliphatic carbocycles. The molecule has 1 aromatic heterocycles. The Balaban J connectivity index is 2.36. The first-order valence-electron chi connectivity index (χ1n) is 3.96. The zero-order valence-corrected chi connectivity index (χ0v) is 7.12. The van der Waals surface area contributed by atoms with Crippen molar-refractivity contribution in [2.75, 3.05) is 13.6 Å². The Bertz CT molecular complexity index is 181. The fourth-order valence-corrected chi connectivity index (χ4v) is 1.03. The SMILES string of the molecule is CNCCC(C)n1ccnc1. The van der Waals surface area contributed by atoms with E-state index >= 15 is 0 Å². The lowest BCUT2D eigenvalue weighted by molar-refractivity contribution is 0.495. The van der Waals surface area contributed by atoms with Crippen LogP contribution in [0, 0.1) is 0 Å². The molecule has 1 atom stereocenters. The lowest BCUT2D eigenvalue weighted by Gasteiger charge is -2.11.